The van der Waals surface area contributed by atoms with Gasteiger partial charge in [-0.25, -0.2) is 0 Å². The van der Waals surface area contributed by atoms with Crippen LogP contribution in [0.5, 0.6) is 11.5 Å². The van der Waals surface area contributed by atoms with Crippen LogP contribution in [0.2, 0.25) is 0 Å². The number of hydrogen-bond donors (Lipinski definition) is 0. The fraction of sp³-hybridized carbons (Fsp3) is 0.235. The Labute approximate surface area is 158 Å². The Hall–Kier alpha value is -2.36. The van der Waals surface area contributed by atoms with Crippen molar-refractivity contribution in [2.45, 2.75) is 13.5 Å². The summed E-state index contributed by atoms with van der Waals surface area (Å²) >= 11 is 2.17. The van der Waals surface area contributed by atoms with E-state index in [1.807, 2.05) is 13.0 Å². The zero-order valence-corrected chi connectivity index (χ0v) is 15.9. The summed E-state index contributed by atoms with van der Waals surface area (Å²) in [6.07, 6.45) is 1.55. The lowest BCUT2D eigenvalue weighted by molar-refractivity contribution is -0.384. The van der Waals surface area contributed by atoms with Crippen molar-refractivity contribution >= 4 is 34.5 Å². The smallest absolute Gasteiger partial charge is 0.269 e. The molecule has 0 saturated carbocycles. The van der Waals surface area contributed by atoms with Crippen molar-refractivity contribution in [2.75, 3.05) is 13.7 Å². The molecule has 0 bridgehead atoms. The number of oxime groups is 1. The molecule has 0 spiro atoms. The summed E-state index contributed by atoms with van der Waals surface area (Å²) < 4.78 is 11.8. The molecule has 132 valence electrons. The van der Waals surface area contributed by atoms with Gasteiger partial charge in [0, 0.05) is 17.7 Å². The minimum atomic E-state index is -0.444. The lowest BCUT2D eigenvalue weighted by atomic mass is 10.2. The Bertz CT molecular complexity index is 780. The third-order valence-electron chi connectivity index (χ3n) is 3.17. The molecule has 2 rings (SSSR count). The summed E-state index contributed by atoms with van der Waals surface area (Å²) in [7, 11) is 1.58. The minimum absolute atomic E-state index is 0.0240. The third-order valence-corrected chi connectivity index (χ3v) is 3.97. The summed E-state index contributed by atoms with van der Waals surface area (Å²) in [5, 5.41) is 14.7. The van der Waals surface area contributed by atoms with E-state index in [4.69, 9.17) is 14.3 Å². The number of halogens is 1. The van der Waals surface area contributed by atoms with Gasteiger partial charge in [-0.15, -0.1) is 0 Å². The van der Waals surface area contributed by atoms with E-state index in [1.165, 1.54) is 12.1 Å². The first-order valence-corrected chi connectivity index (χ1v) is 8.52. The maximum Gasteiger partial charge on any atom is 0.269 e. The molecule has 0 unspecified atom stereocenters. The topological polar surface area (TPSA) is 83.2 Å². The van der Waals surface area contributed by atoms with Crippen molar-refractivity contribution in [1.29, 1.82) is 0 Å². The number of benzene rings is 2. The average Bonchev–Trinajstić information content (AvgIpc) is 2.61. The van der Waals surface area contributed by atoms with Crippen LogP contribution in [-0.2, 0) is 11.4 Å². The largest absolute Gasteiger partial charge is 0.493 e. The highest BCUT2D eigenvalue weighted by Crippen LogP contribution is 2.33. The van der Waals surface area contributed by atoms with Crippen LogP contribution in [0, 0.1) is 13.7 Å². The molecule has 0 fully saturated rings. The fourth-order valence-corrected chi connectivity index (χ4v) is 2.85. The quantitative estimate of drug-likeness (QED) is 0.258. The Kier molecular flexibility index (Phi) is 6.99. The van der Waals surface area contributed by atoms with E-state index in [1.54, 1.807) is 31.5 Å². The van der Waals surface area contributed by atoms with Crippen molar-refractivity contribution in [3.63, 3.8) is 0 Å². The summed E-state index contributed by atoms with van der Waals surface area (Å²) in [5.74, 6) is 1.31. The summed E-state index contributed by atoms with van der Waals surface area (Å²) in [6.45, 7) is 2.60. The van der Waals surface area contributed by atoms with Crippen molar-refractivity contribution in [2.24, 2.45) is 5.16 Å². The SMILES string of the molecule is CCOc1c(I)cc(/C=N/OCc2cccc([N+](=O)[O-])c2)cc1OC. The zero-order chi connectivity index (χ0) is 18.2. The Morgan fingerprint density at radius 3 is 2.80 bits per heavy atom. The monoisotopic (exact) mass is 456 g/mol. The lowest BCUT2D eigenvalue weighted by Gasteiger charge is -2.11. The van der Waals surface area contributed by atoms with Gasteiger partial charge in [-0.2, -0.15) is 0 Å². The second kappa shape index (κ2) is 9.21. The number of hydrogen-bond acceptors (Lipinski definition) is 6. The predicted molar refractivity (Wildman–Crippen MR) is 102 cm³/mol. The van der Waals surface area contributed by atoms with Crippen LogP contribution in [0.3, 0.4) is 0 Å². The molecule has 0 heterocycles. The lowest BCUT2D eigenvalue weighted by Crippen LogP contribution is -1.99. The van der Waals surface area contributed by atoms with Gasteiger partial charge in [0.2, 0.25) is 0 Å². The van der Waals surface area contributed by atoms with Crippen LogP contribution in [0.1, 0.15) is 18.1 Å². The van der Waals surface area contributed by atoms with E-state index >= 15 is 0 Å². The molecule has 25 heavy (non-hydrogen) atoms. The zero-order valence-electron chi connectivity index (χ0n) is 13.8. The molecule has 0 atom stereocenters. The summed E-state index contributed by atoms with van der Waals surface area (Å²) in [5.41, 5.74) is 1.49. The van der Waals surface area contributed by atoms with Gasteiger partial charge in [-0.05, 0) is 47.2 Å². The van der Waals surface area contributed by atoms with Gasteiger partial charge in [0.25, 0.3) is 5.69 Å². The van der Waals surface area contributed by atoms with Gasteiger partial charge >= 0.3 is 0 Å². The highest BCUT2D eigenvalue weighted by molar-refractivity contribution is 14.1. The molecule has 2 aromatic rings. The van der Waals surface area contributed by atoms with E-state index in [0.29, 0.717) is 23.7 Å². The molecule has 7 nitrogen and oxygen atoms in total. The number of nitro benzene ring substituents is 1. The molecule has 0 aromatic heterocycles. The first kappa shape index (κ1) is 19.0. The van der Waals surface area contributed by atoms with Gasteiger partial charge in [0.1, 0.15) is 6.61 Å². The summed E-state index contributed by atoms with van der Waals surface area (Å²) in [6, 6.07) is 9.94. The van der Waals surface area contributed by atoms with Crippen molar-refractivity contribution in [3.05, 3.63) is 61.2 Å². The number of non-ortho nitro benzene ring substituents is 1. The Morgan fingerprint density at radius 1 is 1.32 bits per heavy atom. The number of nitro groups is 1. The third kappa shape index (κ3) is 5.31. The number of methoxy groups -OCH3 is 1. The predicted octanol–water partition coefficient (Wildman–Crippen LogP) is 4.16. The fourth-order valence-electron chi connectivity index (χ4n) is 2.07. The highest BCUT2D eigenvalue weighted by atomic mass is 127. The standard InChI is InChI=1S/C17H17IN2O5/c1-3-24-17-15(18)8-13(9-16(17)23-2)10-19-25-11-12-5-4-6-14(7-12)20(21)22/h4-10H,3,11H2,1-2H3/b19-10+. The van der Waals surface area contributed by atoms with E-state index in [0.717, 1.165) is 9.13 Å². The van der Waals surface area contributed by atoms with Gasteiger partial charge in [0.05, 0.1) is 28.4 Å². The molecule has 0 radical (unpaired) electrons. The van der Waals surface area contributed by atoms with Gasteiger partial charge in [-0.1, -0.05) is 17.3 Å². The second-order valence-corrected chi connectivity index (χ2v) is 6.06. The molecule has 0 aliphatic carbocycles. The average molecular weight is 456 g/mol. The number of rotatable bonds is 8. The molecule has 0 aliphatic rings. The molecule has 8 heteroatoms. The Morgan fingerprint density at radius 2 is 2.12 bits per heavy atom. The normalized spacial score (nSPS) is 10.7. The van der Waals surface area contributed by atoms with Crippen LogP contribution < -0.4 is 9.47 Å². The van der Waals surface area contributed by atoms with E-state index in [2.05, 4.69) is 27.7 Å². The van der Waals surface area contributed by atoms with E-state index in [-0.39, 0.29) is 12.3 Å². The van der Waals surface area contributed by atoms with Crippen molar-refractivity contribution in [3.8, 4) is 11.5 Å². The summed E-state index contributed by atoms with van der Waals surface area (Å²) in [4.78, 5) is 15.5. The van der Waals surface area contributed by atoms with Crippen LogP contribution in [-0.4, -0.2) is 24.9 Å². The van der Waals surface area contributed by atoms with Gasteiger partial charge in [-0.3, -0.25) is 10.1 Å². The first-order chi connectivity index (χ1) is 12.0. The molecule has 0 N–H and O–H groups in total. The van der Waals surface area contributed by atoms with Gasteiger partial charge < -0.3 is 14.3 Å². The second-order valence-electron chi connectivity index (χ2n) is 4.90. The minimum Gasteiger partial charge on any atom is -0.493 e. The number of ether oxygens (including phenoxy) is 2. The van der Waals surface area contributed by atoms with E-state index < -0.39 is 4.92 Å². The van der Waals surface area contributed by atoms with Crippen molar-refractivity contribution < 1.29 is 19.2 Å². The van der Waals surface area contributed by atoms with E-state index in [9.17, 15) is 10.1 Å². The van der Waals surface area contributed by atoms with Crippen LogP contribution in [0.25, 0.3) is 0 Å². The van der Waals surface area contributed by atoms with Crippen LogP contribution in [0.15, 0.2) is 41.6 Å². The maximum absolute atomic E-state index is 10.7. The maximum atomic E-state index is 10.7. The first-order valence-electron chi connectivity index (χ1n) is 7.44. The molecule has 0 aliphatic heterocycles. The molecule has 0 amide bonds. The molecular weight excluding hydrogens is 439 g/mol. The highest BCUT2D eigenvalue weighted by Gasteiger charge is 2.10. The van der Waals surface area contributed by atoms with Crippen molar-refractivity contribution in [1.82, 2.24) is 0 Å². The van der Waals surface area contributed by atoms with Crippen LogP contribution in [0.4, 0.5) is 5.69 Å². The Balaban J connectivity index is 2.03. The van der Waals surface area contributed by atoms with Crippen LogP contribution >= 0.6 is 22.6 Å². The molecule has 2 aromatic carbocycles. The molecule has 0 saturated heterocycles. The number of nitrogens with zero attached hydrogens (tertiary/aromatic N) is 2. The molecular formula is C17H17IN2O5. The van der Waals surface area contributed by atoms with Gasteiger partial charge in [0.15, 0.2) is 11.5 Å².